The molecule has 0 amide bonds. The molecule has 0 aliphatic carbocycles. The lowest BCUT2D eigenvalue weighted by molar-refractivity contribution is -0.143. The summed E-state index contributed by atoms with van der Waals surface area (Å²) in [4.78, 5) is 10.5. The Morgan fingerprint density at radius 3 is 2.57 bits per heavy atom. The number of hydrogen-bond donors (Lipinski definition) is 0. The fourth-order valence-electron chi connectivity index (χ4n) is 1.58. The molecule has 1 fully saturated rings. The lowest BCUT2D eigenvalue weighted by Gasteiger charge is -2.08. The zero-order chi connectivity index (χ0) is 10.2. The predicted molar refractivity (Wildman–Crippen MR) is 54.2 cm³/mol. The highest BCUT2D eigenvalue weighted by molar-refractivity contribution is 6.34. The lowest BCUT2D eigenvalue weighted by Crippen LogP contribution is -2.21. The van der Waals surface area contributed by atoms with Gasteiger partial charge < -0.3 is 4.74 Å². The maximum atomic E-state index is 11.3. The number of carbonyl (C=O) groups is 1. The van der Waals surface area contributed by atoms with E-state index in [0.29, 0.717) is 6.42 Å². The Balaban J connectivity index is 2.21. The van der Waals surface area contributed by atoms with Gasteiger partial charge in [0.15, 0.2) is 0 Å². The molecule has 74 valence electrons. The molecule has 0 unspecified atom stereocenters. The number of carbonyl (C=O) groups excluding carboxylic acids is 1. The van der Waals surface area contributed by atoms with E-state index in [9.17, 15) is 4.79 Å². The van der Waals surface area contributed by atoms with Gasteiger partial charge in [-0.25, -0.2) is 0 Å². The number of alkyl halides is 1. The fraction of sp³-hybridized carbons (Fsp3) is 0.364. The van der Waals surface area contributed by atoms with Crippen molar-refractivity contribution in [1.82, 2.24) is 0 Å². The molecular weight excluding hydrogens is 200 g/mol. The van der Waals surface area contributed by atoms with Crippen LogP contribution in [0.3, 0.4) is 0 Å². The van der Waals surface area contributed by atoms with Crippen LogP contribution in [0.4, 0.5) is 0 Å². The monoisotopic (exact) mass is 210 g/mol. The number of benzene rings is 1. The third-order valence-electron chi connectivity index (χ3n) is 2.42. The van der Waals surface area contributed by atoms with Crippen LogP contribution >= 0.6 is 11.6 Å². The molecule has 14 heavy (non-hydrogen) atoms. The summed E-state index contributed by atoms with van der Waals surface area (Å²) in [6, 6.07) is 9.66. The maximum absolute atomic E-state index is 11.3. The Labute approximate surface area is 87.8 Å². The average molecular weight is 211 g/mol. The standard InChI is InChI=1S/C11H11ClO2/c1-11(12)7-9(14-10(11)13)8-5-3-2-4-6-8/h2-6,9H,7H2,1H3/t9-,11-/m0/s1. The SMILES string of the molecule is C[C@]1(Cl)C[C@@H](c2ccccc2)OC1=O. The van der Waals surface area contributed by atoms with Gasteiger partial charge in [-0.2, -0.15) is 0 Å². The van der Waals surface area contributed by atoms with Crippen molar-refractivity contribution in [3.8, 4) is 0 Å². The normalized spacial score (nSPS) is 31.6. The summed E-state index contributed by atoms with van der Waals surface area (Å²) in [6.45, 7) is 1.69. The molecule has 0 aromatic heterocycles. The van der Waals surface area contributed by atoms with Gasteiger partial charge in [-0.3, -0.25) is 4.79 Å². The molecule has 2 rings (SSSR count). The molecular formula is C11H11ClO2. The van der Waals surface area contributed by atoms with Crippen LogP contribution in [0, 0.1) is 0 Å². The maximum Gasteiger partial charge on any atom is 0.327 e. The first kappa shape index (κ1) is 9.53. The van der Waals surface area contributed by atoms with Crippen LogP contribution in [0.5, 0.6) is 0 Å². The van der Waals surface area contributed by atoms with Crippen molar-refractivity contribution in [2.45, 2.75) is 24.3 Å². The largest absolute Gasteiger partial charge is 0.456 e. The summed E-state index contributed by atoms with van der Waals surface area (Å²) in [5, 5.41) is 0. The molecule has 1 aromatic carbocycles. The first-order valence-electron chi connectivity index (χ1n) is 4.54. The molecule has 0 bridgehead atoms. The molecule has 0 N–H and O–H groups in total. The number of ether oxygens (including phenoxy) is 1. The minimum atomic E-state index is -0.861. The molecule has 1 heterocycles. The summed E-state index contributed by atoms with van der Waals surface area (Å²) < 4.78 is 5.19. The van der Waals surface area contributed by atoms with E-state index in [1.165, 1.54) is 0 Å². The number of rotatable bonds is 1. The second-order valence-electron chi connectivity index (χ2n) is 3.71. The van der Waals surface area contributed by atoms with Gasteiger partial charge in [0.05, 0.1) is 0 Å². The highest BCUT2D eigenvalue weighted by atomic mass is 35.5. The smallest absolute Gasteiger partial charge is 0.327 e. The quantitative estimate of drug-likeness (QED) is 0.526. The fourth-order valence-corrected chi connectivity index (χ4v) is 1.76. The van der Waals surface area contributed by atoms with Gasteiger partial charge in [-0.05, 0) is 12.5 Å². The van der Waals surface area contributed by atoms with E-state index >= 15 is 0 Å². The summed E-state index contributed by atoms with van der Waals surface area (Å²) in [5.74, 6) is -0.326. The molecule has 3 heteroatoms. The predicted octanol–water partition coefficient (Wildman–Crippen LogP) is 2.67. The van der Waals surface area contributed by atoms with Crippen molar-refractivity contribution in [3.63, 3.8) is 0 Å². The van der Waals surface area contributed by atoms with E-state index in [2.05, 4.69) is 0 Å². The first-order chi connectivity index (χ1) is 6.59. The van der Waals surface area contributed by atoms with Crippen LogP contribution in [0.25, 0.3) is 0 Å². The van der Waals surface area contributed by atoms with E-state index in [1.807, 2.05) is 30.3 Å². The van der Waals surface area contributed by atoms with Crippen LogP contribution < -0.4 is 0 Å². The summed E-state index contributed by atoms with van der Waals surface area (Å²) in [7, 11) is 0. The van der Waals surface area contributed by atoms with Crippen LogP contribution in [0.2, 0.25) is 0 Å². The van der Waals surface area contributed by atoms with Crippen LogP contribution in [0.15, 0.2) is 30.3 Å². The Hall–Kier alpha value is -1.02. The van der Waals surface area contributed by atoms with Gasteiger partial charge in [-0.15, -0.1) is 11.6 Å². The van der Waals surface area contributed by atoms with Crippen molar-refractivity contribution in [2.75, 3.05) is 0 Å². The highest BCUT2D eigenvalue weighted by Gasteiger charge is 2.44. The molecule has 0 spiro atoms. The first-order valence-corrected chi connectivity index (χ1v) is 4.92. The van der Waals surface area contributed by atoms with Gasteiger partial charge >= 0.3 is 5.97 Å². The topological polar surface area (TPSA) is 26.3 Å². The molecule has 0 radical (unpaired) electrons. The molecule has 2 atom stereocenters. The summed E-state index contributed by atoms with van der Waals surface area (Å²) in [5.41, 5.74) is 1.00. The van der Waals surface area contributed by atoms with Crippen molar-refractivity contribution in [1.29, 1.82) is 0 Å². The molecule has 1 aliphatic rings. The average Bonchev–Trinajstić information content (AvgIpc) is 2.43. The Morgan fingerprint density at radius 2 is 2.07 bits per heavy atom. The minimum absolute atomic E-state index is 0.189. The van der Waals surface area contributed by atoms with Crippen LogP contribution in [-0.4, -0.2) is 10.8 Å². The number of esters is 1. The van der Waals surface area contributed by atoms with E-state index in [0.717, 1.165) is 5.56 Å². The van der Waals surface area contributed by atoms with Gasteiger partial charge in [0.2, 0.25) is 0 Å². The van der Waals surface area contributed by atoms with Gasteiger partial charge in [0.1, 0.15) is 11.0 Å². The highest BCUT2D eigenvalue weighted by Crippen LogP contribution is 2.39. The van der Waals surface area contributed by atoms with Crippen LogP contribution in [0.1, 0.15) is 25.0 Å². The Kier molecular flexibility index (Phi) is 2.23. The van der Waals surface area contributed by atoms with Crippen LogP contribution in [-0.2, 0) is 9.53 Å². The van der Waals surface area contributed by atoms with Gasteiger partial charge in [-0.1, -0.05) is 30.3 Å². The third-order valence-corrected chi connectivity index (χ3v) is 2.72. The number of halogens is 1. The van der Waals surface area contributed by atoms with Crippen molar-refractivity contribution >= 4 is 17.6 Å². The molecule has 1 saturated heterocycles. The van der Waals surface area contributed by atoms with E-state index in [1.54, 1.807) is 6.92 Å². The van der Waals surface area contributed by atoms with Crippen molar-refractivity contribution in [2.24, 2.45) is 0 Å². The van der Waals surface area contributed by atoms with E-state index < -0.39 is 4.87 Å². The Bertz CT molecular complexity index is 346. The van der Waals surface area contributed by atoms with Crippen molar-refractivity contribution < 1.29 is 9.53 Å². The Morgan fingerprint density at radius 1 is 1.43 bits per heavy atom. The molecule has 1 aromatic rings. The third kappa shape index (κ3) is 1.62. The van der Waals surface area contributed by atoms with Gasteiger partial charge in [0, 0.05) is 6.42 Å². The minimum Gasteiger partial charge on any atom is -0.456 e. The second kappa shape index (κ2) is 3.28. The zero-order valence-electron chi connectivity index (χ0n) is 7.87. The number of hydrogen-bond acceptors (Lipinski definition) is 2. The molecule has 2 nitrogen and oxygen atoms in total. The zero-order valence-corrected chi connectivity index (χ0v) is 8.62. The molecule has 1 aliphatic heterocycles. The number of cyclic esters (lactones) is 1. The van der Waals surface area contributed by atoms with Crippen molar-refractivity contribution in [3.05, 3.63) is 35.9 Å². The van der Waals surface area contributed by atoms with E-state index in [-0.39, 0.29) is 12.1 Å². The van der Waals surface area contributed by atoms with Gasteiger partial charge in [0.25, 0.3) is 0 Å². The molecule has 0 saturated carbocycles. The van der Waals surface area contributed by atoms with E-state index in [4.69, 9.17) is 16.3 Å². The summed E-state index contributed by atoms with van der Waals surface area (Å²) in [6.07, 6.45) is 0.350. The lowest BCUT2D eigenvalue weighted by atomic mass is 10.0. The summed E-state index contributed by atoms with van der Waals surface area (Å²) >= 11 is 5.99. The second-order valence-corrected chi connectivity index (χ2v) is 4.54.